The zero-order chi connectivity index (χ0) is 22.1. The fourth-order valence-electron chi connectivity index (χ4n) is 9.57. The van der Waals surface area contributed by atoms with E-state index >= 15 is 0 Å². The SMILES string of the molecule is CN(C)[C@@H]1CC[C@@]2(C)[C@@H](CC[C@@H]3[C@@H]2CC[C@]2(C)[C@@H](c4ccc5ccncc5c4)CC[C@@H]32)C1. The Morgan fingerprint density at radius 3 is 2.50 bits per heavy atom. The van der Waals surface area contributed by atoms with Gasteiger partial charge >= 0.3 is 0 Å². The van der Waals surface area contributed by atoms with Gasteiger partial charge in [-0.05, 0) is 135 Å². The van der Waals surface area contributed by atoms with E-state index in [2.05, 4.69) is 68.3 Å². The monoisotopic (exact) mass is 430 g/mol. The lowest BCUT2D eigenvalue weighted by molar-refractivity contribution is -0.115. The predicted octanol–water partition coefficient (Wildman–Crippen LogP) is 7.29. The Hall–Kier alpha value is -1.41. The van der Waals surface area contributed by atoms with Crippen LogP contribution in [0.5, 0.6) is 0 Å². The Morgan fingerprint density at radius 2 is 1.66 bits per heavy atom. The maximum Gasteiger partial charge on any atom is 0.0346 e. The smallest absolute Gasteiger partial charge is 0.0346 e. The standard InChI is InChI=1S/C30H42N2/c1-29-14-11-24(32(3)4)18-23(29)7-8-25-27-10-9-26(30(27,2)15-12-28(25)29)21-6-5-20-13-16-31-19-22(20)17-21/h5-6,13,16-17,19,23-28H,7-12,14-15,18H2,1-4H3/t23-,24+,25-,26+,27-,28-,29-,30+/m0/s1. The van der Waals surface area contributed by atoms with Gasteiger partial charge in [-0.1, -0.05) is 26.0 Å². The van der Waals surface area contributed by atoms with E-state index in [-0.39, 0.29) is 0 Å². The van der Waals surface area contributed by atoms with Crippen molar-refractivity contribution in [1.29, 1.82) is 0 Å². The van der Waals surface area contributed by atoms with Crippen molar-refractivity contribution < 1.29 is 0 Å². The van der Waals surface area contributed by atoms with Gasteiger partial charge in [0.2, 0.25) is 0 Å². The fourth-order valence-corrected chi connectivity index (χ4v) is 9.57. The highest BCUT2D eigenvalue weighted by molar-refractivity contribution is 5.82. The third kappa shape index (κ3) is 3.04. The molecule has 2 aromatic rings. The van der Waals surface area contributed by atoms with Crippen molar-refractivity contribution in [2.24, 2.45) is 34.5 Å². The normalized spacial score (nSPS) is 43.7. The first kappa shape index (κ1) is 21.1. The molecule has 6 rings (SSSR count). The minimum Gasteiger partial charge on any atom is -0.306 e. The zero-order valence-electron chi connectivity index (χ0n) is 20.7. The van der Waals surface area contributed by atoms with Crippen LogP contribution < -0.4 is 0 Å². The average molecular weight is 431 g/mol. The number of aromatic nitrogens is 1. The molecule has 0 saturated heterocycles. The molecule has 4 aliphatic rings. The highest BCUT2D eigenvalue weighted by Gasteiger charge is 2.60. The first-order valence-corrected chi connectivity index (χ1v) is 13.4. The molecule has 4 fully saturated rings. The molecular weight excluding hydrogens is 388 g/mol. The zero-order valence-corrected chi connectivity index (χ0v) is 20.7. The van der Waals surface area contributed by atoms with Crippen LogP contribution in [0.3, 0.4) is 0 Å². The third-order valence-electron chi connectivity index (χ3n) is 11.4. The Bertz CT molecular complexity index is 997. The molecule has 1 heterocycles. The van der Waals surface area contributed by atoms with E-state index in [9.17, 15) is 0 Å². The van der Waals surface area contributed by atoms with Crippen molar-refractivity contribution in [3.8, 4) is 0 Å². The summed E-state index contributed by atoms with van der Waals surface area (Å²) in [5, 5.41) is 2.64. The van der Waals surface area contributed by atoms with E-state index in [4.69, 9.17) is 0 Å². The average Bonchev–Trinajstić information content (AvgIpc) is 3.15. The largest absolute Gasteiger partial charge is 0.306 e. The van der Waals surface area contributed by atoms with E-state index in [1.165, 1.54) is 68.6 Å². The lowest BCUT2D eigenvalue weighted by Gasteiger charge is -2.61. The Labute approximate surface area is 195 Å². The topological polar surface area (TPSA) is 16.1 Å². The molecule has 1 aromatic carbocycles. The Kier molecular flexibility index (Phi) is 4.99. The molecule has 0 spiro atoms. The molecular formula is C30H42N2. The number of benzene rings is 1. The van der Waals surface area contributed by atoms with Gasteiger partial charge in [0.05, 0.1) is 0 Å². The van der Waals surface area contributed by atoms with Crippen LogP contribution in [-0.2, 0) is 0 Å². The van der Waals surface area contributed by atoms with Gasteiger partial charge in [-0.3, -0.25) is 4.98 Å². The third-order valence-corrected chi connectivity index (χ3v) is 11.4. The van der Waals surface area contributed by atoms with Gasteiger partial charge < -0.3 is 4.90 Å². The predicted molar refractivity (Wildman–Crippen MR) is 134 cm³/mol. The molecule has 32 heavy (non-hydrogen) atoms. The second-order valence-corrected chi connectivity index (χ2v) is 12.7. The highest BCUT2D eigenvalue weighted by Crippen LogP contribution is 2.69. The van der Waals surface area contributed by atoms with Crippen LogP contribution in [0.4, 0.5) is 0 Å². The van der Waals surface area contributed by atoms with E-state index in [1.54, 1.807) is 5.56 Å². The summed E-state index contributed by atoms with van der Waals surface area (Å²) in [6, 6.07) is 10.2. The molecule has 8 atom stereocenters. The van der Waals surface area contributed by atoms with Gasteiger partial charge in [0.1, 0.15) is 0 Å². The number of fused-ring (bicyclic) bond motifs is 6. The van der Waals surface area contributed by atoms with Crippen LogP contribution in [0.15, 0.2) is 36.7 Å². The van der Waals surface area contributed by atoms with E-state index in [1.807, 2.05) is 6.20 Å². The highest BCUT2D eigenvalue weighted by atomic mass is 15.1. The van der Waals surface area contributed by atoms with Gasteiger partial charge in [0.15, 0.2) is 0 Å². The van der Waals surface area contributed by atoms with Crippen molar-refractivity contribution in [1.82, 2.24) is 9.88 Å². The Morgan fingerprint density at radius 1 is 0.844 bits per heavy atom. The van der Waals surface area contributed by atoms with Crippen LogP contribution in [0.25, 0.3) is 10.8 Å². The van der Waals surface area contributed by atoms with Gasteiger partial charge in [-0.2, -0.15) is 0 Å². The molecule has 4 saturated carbocycles. The summed E-state index contributed by atoms with van der Waals surface area (Å²) >= 11 is 0. The van der Waals surface area contributed by atoms with Crippen molar-refractivity contribution in [3.63, 3.8) is 0 Å². The first-order chi connectivity index (χ1) is 15.4. The summed E-state index contributed by atoms with van der Waals surface area (Å²) in [6.07, 6.45) is 17.0. The molecule has 0 amide bonds. The Balaban J connectivity index is 1.27. The van der Waals surface area contributed by atoms with Crippen molar-refractivity contribution in [2.75, 3.05) is 14.1 Å². The summed E-state index contributed by atoms with van der Waals surface area (Å²) in [5.41, 5.74) is 2.67. The molecule has 172 valence electrons. The van der Waals surface area contributed by atoms with Crippen LogP contribution in [0, 0.1) is 34.5 Å². The van der Waals surface area contributed by atoms with Gasteiger partial charge in [0.25, 0.3) is 0 Å². The van der Waals surface area contributed by atoms with E-state index in [0.29, 0.717) is 10.8 Å². The number of pyridine rings is 1. The van der Waals surface area contributed by atoms with Crippen LogP contribution >= 0.6 is 0 Å². The maximum absolute atomic E-state index is 4.39. The summed E-state index contributed by atoms with van der Waals surface area (Å²) in [6.45, 7) is 5.39. The maximum atomic E-state index is 4.39. The molecule has 0 radical (unpaired) electrons. The van der Waals surface area contributed by atoms with Crippen LogP contribution in [0.2, 0.25) is 0 Å². The van der Waals surface area contributed by atoms with Crippen LogP contribution in [0.1, 0.15) is 83.1 Å². The number of nitrogens with zero attached hydrogens (tertiary/aromatic N) is 2. The van der Waals surface area contributed by atoms with Gasteiger partial charge in [-0.25, -0.2) is 0 Å². The molecule has 2 nitrogen and oxygen atoms in total. The van der Waals surface area contributed by atoms with Gasteiger partial charge in [-0.15, -0.1) is 0 Å². The van der Waals surface area contributed by atoms with Crippen LogP contribution in [-0.4, -0.2) is 30.0 Å². The summed E-state index contributed by atoms with van der Waals surface area (Å²) in [4.78, 5) is 6.90. The van der Waals surface area contributed by atoms with Gasteiger partial charge in [0, 0.05) is 23.8 Å². The molecule has 1 aromatic heterocycles. The number of hydrogen-bond donors (Lipinski definition) is 0. The molecule has 0 unspecified atom stereocenters. The summed E-state index contributed by atoms with van der Waals surface area (Å²) in [7, 11) is 4.60. The minimum absolute atomic E-state index is 0.487. The minimum atomic E-state index is 0.487. The second-order valence-electron chi connectivity index (χ2n) is 12.7. The first-order valence-electron chi connectivity index (χ1n) is 13.4. The molecule has 2 heteroatoms. The lowest BCUT2D eigenvalue weighted by Crippen LogP contribution is -2.54. The van der Waals surface area contributed by atoms with E-state index in [0.717, 1.165) is 35.6 Å². The molecule has 0 N–H and O–H groups in total. The number of rotatable bonds is 2. The summed E-state index contributed by atoms with van der Waals surface area (Å²) < 4.78 is 0. The molecule has 0 aliphatic heterocycles. The van der Waals surface area contributed by atoms with Crippen molar-refractivity contribution in [3.05, 3.63) is 42.2 Å². The fraction of sp³-hybridized carbons (Fsp3) is 0.700. The molecule has 0 bridgehead atoms. The lowest BCUT2D eigenvalue weighted by atomic mass is 9.44. The summed E-state index contributed by atoms with van der Waals surface area (Å²) in [5.74, 6) is 4.56. The quantitative estimate of drug-likeness (QED) is 0.497. The number of hydrogen-bond acceptors (Lipinski definition) is 2. The molecule has 4 aliphatic carbocycles. The van der Waals surface area contributed by atoms with Crippen molar-refractivity contribution >= 4 is 10.8 Å². The van der Waals surface area contributed by atoms with Crippen molar-refractivity contribution in [2.45, 2.75) is 83.6 Å². The van der Waals surface area contributed by atoms with E-state index < -0.39 is 0 Å². The second kappa shape index (κ2) is 7.55.